The van der Waals surface area contributed by atoms with Crippen molar-refractivity contribution in [1.29, 1.82) is 0 Å². The lowest BCUT2D eigenvalue weighted by Gasteiger charge is -2.16. The molecule has 1 atom stereocenters. The van der Waals surface area contributed by atoms with Crippen LogP contribution in [0, 0.1) is 5.92 Å². The molecule has 0 aliphatic heterocycles. The third kappa shape index (κ3) is 8.37. The predicted molar refractivity (Wildman–Crippen MR) is 115 cm³/mol. The fourth-order valence-corrected chi connectivity index (χ4v) is 2.90. The van der Waals surface area contributed by atoms with Crippen LogP contribution in [0.1, 0.15) is 45.4 Å². The van der Waals surface area contributed by atoms with Crippen LogP contribution >= 0.6 is 0 Å². The van der Waals surface area contributed by atoms with Crippen molar-refractivity contribution in [2.75, 3.05) is 13.1 Å². The topological polar surface area (TPSA) is 71.4 Å². The molecule has 2 heterocycles. The average molecular weight is 384 g/mol. The van der Waals surface area contributed by atoms with E-state index in [0.717, 1.165) is 43.1 Å². The zero-order chi connectivity index (χ0) is 20.2. The Labute approximate surface area is 168 Å². The van der Waals surface area contributed by atoms with Crippen LogP contribution in [-0.2, 0) is 13.0 Å². The van der Waals surface area contributed by atoms with Crippen molar-refractivity contribution in [3.05, 3.63) is 54.0 Å². The molecule has 0 aliphatic carbocycles. The molecular weight excluding hydrogens is 350 g/mol. The van der Waals surface area contributed by atoms with Gasteiger partial charge < -0.3 is 15.4 Å². The standard InChI is InChI=1S/C22H33N5O/c1-5-23-22(26-13-10-20-8-6-7-11-24-20)27-16-19-9-12-25-21(15-19)28-18(4)14-17(2)3/h6-9,11-12,15,17-18H,5,10,13-14,16H2,1-4H3,(H2,23,26,27). The highest BCUT2D eigenvalue weighted by Gasteiger charge is 2.08. The van der Waals surface area contributed by atoms with Crippen molar-refractivity contribution in [3.63, 3.8) is 0 Å². The van der Waals surface area contributed by atoms with E-state index < -0.39 is 0 Å². The Kier molecular flexibility index (Phi) is 9.25. The van der Waals surface area contributed by atoms with Crippen LogP contribution in [-0.4, -0.2) is 35.1 Å². The van der Waals surface area contributed by atoms with Crippen LogP contribution in [0.2, 0.25) is 0 Å². The molecule has 2 aromatic heterocycles. The Balaban J connectivity index is 1.89. The second-order valence-corrected chi connectivity index (χ2v) is 7.25. The molecule has 28 heavy (non-hydrogen) atoms. The summed E-state index contributed by atoms with van der Waals surface area (Å²) >= 11 is 0. The highest BCUT2D eigenvalue weighted by Crippen LogP contribution is 2.15. The lowest BCUT2D eigenvalue weighted by atomic mass is 10.1. The summed E-state index contributed by atoms with van der Waals surface area (Å²) < 4.78 is 5.94. The lowest BCUT2D eigenvalue weighted by molar-refractivity contribution is 0.185. The monoisotopic (exact) mass is 383 g/mol. The van der Waals surface area contributed by atoms with E-state index in [9.17, 15) is 0 Å². The second kappa shape index (κ2) is 12.0. The molecule has 2 N–H and O–H groups in total. The molecule has 0 saturated carbocycles. The van der Waals surface area contributed by atoms with E-state index in [1.807, 2.05) is 36.5 Å². The quantitative estimate of drug-likeness (QED) is 0.485. The number of ether oxygens (including phenoxy) is 1. The van der Waals surface area contributed by atoms with Gasteiger partial charge in [-0.25, -0.2) is 9.98 Å². The van der Waals surface area contributed by atoms with Gasteiger partial charge in [-0.1, -0.05) is 19.9 Å². The molecule has 1 unspecified atom stereocenters. The fraction of sp³-hybridized carbons (Fsp3) is 0.500. The van der Waals surface area contributed by atoms with E-state index in [0.29, 0.717) is 18.3 Å². The number of hydrogen-bond donors (Lipinski definition) is 2. The van der Waals surface area contributed by atoms with Gasteiger partial charge in [0.1, 0.15) is 0 Å². The number of aliphatic imine (C=N–C) groups is 1. The van der Waals surface area contributed by atoms with Gasteiger partial charge in [-0.15, -0.1) is 0 Å². The molecule has 0 amide bonds. The highest BCUT2D eigenvalue weighted by molar-refractivity contribution is 5.79. The van der Waals surface area contributed by atoms with E-state index in [4.69, 9.17) is 4.74 Å². The third-order valence-corrected chi connectivity index (χ3v) is 4.09. The maximum atomic E-state index is 5.94. The summed E-state index contributed by atoms with van der Waals surface area (Å²) in [5.74, 6) is 2.06. The van der Waals surface area contributed by atoms with Crippen LogP contribution < -0.4 is 15.4 Å². The van der Waals surface area contributed by atoms with Gasteiger partial charge in [-0.2, -0.15) is 0 Å². The van der Waals surface area contributed by atoms with Gasteiger partial charge in [-0.05, 0) is 49.9 Å². The second-order valence-electron chi connectivity index (χ2n) is 7.25. The number of nitrogens with zero attached hydrogens (tertiary/aromatic N) is 3. The molecule has 0 spiro atoms. The summed E-state index contributed by atoms with van der Waals surface area (Å²) in [7, 11) is 0. The van der Waals surface area contributed by atoms with Gasteiger partial charge in [-0.3, -0.25) is 4.98 Å². The first-order chi connectivity index (χ1) is 13.6. The lowest BCUT2D eigenvalue weighted by Crippen LogP contribution is -2.38. The Bertz CT molecular complexity index is 718. The van der Waals surface area contributed by atoms with Gasteiger partial charge >= 0.3 is 0 Å². The minimum absolute atomic E-state index is 0.150. The molecule has 6 heteroatoms. The van der Waals surface area contributed by atoms with Crippen molar-refractivity contribution in [2.24, 2.45) is 10.9 Å². The Hall–Kier alpha value is -2.63. The number of rotatable bonds is 10. The molecule has 6 nitrogen and oxygen atoms in total. The van der Waals surface area contributed by atoms with Crippen molar-refractivity contribution >= 4 is 5.96 Å². The molecule has 0 radical (unpaired) electrons. The van der Waals surface area contributed by atoms with Gasteiger partial charge in [0.2, 0.25) is 5.88 Å². The number of nitrogens with one attached hydrogen (secondary N) is 2. The Morgan fingerprint density at radius 1 is 1.11 bits per heavy atom. The molecule has 0 bridgehead atoms. The summed E-state index contributed by atoms with van der Waals surface area (Å²) in [5, 5.41) is 6.64. The summed E-state index contributed by atoms with van der Waals surface area (Å²) in [6.07, 6.45) is 5.61. The van der Waals surface area contributed by atoms with Gasteiger partial charge in [0.15, 0.2) is 5.96 Å². The molecule has 2 aromatic rings. The van der Waals surface area contributed by atoms with Crippen molar-refractivity contribution in [3.8, 4) is 5.88 Å². The first-order valence-corrected chi connectivity index (χ1v) is 10.1. The average Bonchev–Trinajstić information content (AvgIpc) is 2.66. The van der Waals surface area contributed by atoms with Crippen molar-refractivity contribution in [1.82, 2.24) is 20.6 Å². The maximum absolute atomic E-state index is 5.94. The number of guanidine groups is 1. The number of hydrogen-bond acceptors (Lipinski definition) is 4. The zero-order valence-electron chi connectivity index (χ0n) is 17.5. The normalized spacial score (nSPS) is 12.7. The molecule has 152 valence electrons. The maximum Gasteiger partial charge on any atom is 0.213 e. The summed E-state index contributed by atoms with van der Waals surface area (Å²) in [4.78, 5) is 13.3. The van der Waals surface area contributed by atoms with E-state index >= 15 is 0 Å². The smallest absolute Gasteiger partial charge is 0.213 e. The van der Waals surface area contributed by atoms with Crippen molar-refractivity contribution in [2.45, 2.75) is 53.2 Å². The highest BCUT2D eigenvalue weighted by atomic mass is 16.5. The van der Waals surface area contributed by atoms with Gasteiger partial charge in [0, 0.05) is 43.7 Å². The summed E-state index contributed by atoms with van der Waals surface area (Å²) in [6, 6.07) is 9.91. The Morgan fingerprint density at radius 3 is 2.68 bits per heavy atom. The van der Waals surface area contributed by atoms with Crippen LogP contribution in [0.25, 0.3) is 0 Å². The van der Waals surface area contributed by atoms with Gasteiger partial charge in [0.25, 0.3) is 0 Å². The molecule has 0 fully saturated rings. The minimum atomic E-state index is 0.150. The number of aromatic nitrogens is 2. The minimum Gasteiger partial charge on any atom is -0.475 e. The van der Waals surface area contributed by atoms with Gasteiger partial charge in [0.05, 0.1) is 12.6 Å². The van der Waals surface area contributed by atoms with E-state index in [2.05, 4.69) is 53.3 Å². The summed E-state index contributed by atoms with van der Waals surface area (Å²) in [5.41, 5.74) is 2.14. The van der Waals surface area contributed by atoms with E-state index in [1.165, 1.54) is 0 Å². The molecule has 0 aliphatic rings. The van der Waals surface area contributed by atoms with Crippen LogP contribution in [0.5, 0.6) is 5.88 Å². The van der Waals surface area contributed by atoms with E-state index in [1.54, 1.807) is 6.20 Å². The zero-order valence-corrected chi connectivity index (χ0v) is 17.5. The third-order valence-electron chi connectivity index (χ3n) is 4.09. The SMILES string of the molecule is CCNC(=NCc1ccnc(OC(C)CC(C)C)c1)NCCc1ccccn1. The molecule has 0 aromatic carbocycles. The number of pyridine rings is 2. The van der Waals surface area contributed by atoms with Crippen LogP contribution in [0.15, 0.2) is 47.7 Å². The summed E-state index contributed by atoms with van der Waals surface area (Å²) in [6.45, 7) is 10.7. The largest absolute Gasteiger partial charge is 0.475 e. The van der Waals surface area contributed by atoms with E-state index in [-0.39, 0.29) is 6.10 Å². The first-order valence-electron chi connectivity index (χ1n) is 10.1. The Morgan fingerprint density at radius 2 is 1.96 bits per heavy atom. The fourth-order valence-electron chi connectivity index (χ4n) is 2.90. The molecule has 0 saturated heterocycles. The molecular formula is C22H33N5O. The van der Waals surface area contributed by atoms with Crippen LogP contribution in [0.4, 0.5) is 0 Å². The molecule has 2 rings (SSSR count). The first kappa shape index (κ1) is 21.7. The van der Waals surface area contributed by atoms with Crippen molar-refractivity contribution < 1.29 is 4.74 Å². The van der Waals surface area contributed by atoms with Crippen LogP contribution in [0.3, 0.4) is 0 Å². The predicted octanol–water partition coefficient (Wildman–Crippen LogP) is 3.59.